The second-order valence-electron chi connectivity index (χ2n) is 6.32. The van der Waals surface area contributed by atoms with E-state index in [9.17, 15) is 13.2 Å². The van der Waals surface area contributed by atoms with Crippen molar-refractivity contribution in [3.8, 4) is 0 Å². The van der Waals surface area contributed by atoms with Crippen LogP contribution in [0.15, 0.2) is 29.2 Å². The molecule has 130 valence electrons. The largest absolute Gasteiger partial charge is 0.348 e. The minimum atomic E-state index is -3.44. The highest BCUT2D eigenvalue weighted by Gasteiger charge is 2.19. The summed E-state index contributed by atoms with van der Waals surface area (Å²) in [6.45, 7) is 5.87. The molecule has 3 N–H and O–H groups in total. The summed E-state index contributed by atoms with van der Waals surface area (Å²) in [7, 11) is -0.467. The predicted molar refractivity (Wildman–Crippen MR) is 91.3 cm³/mol. The van der Waals surface area contributed by atoms with Crippen LogP contribution in [0.25, 0.3) is 0 Å². The van der Waals surface area contributed by atoms with Crippen molar-refractivity contribution < 1.29 is 13.2 Å². The van der Waals surface area contributed by atoms with Gasteiger partial charge in [0.1, 0.15) is 0 Å². The van der Waals surface area contributed by atoms with Gasteiger partial charge in [0.15, 0.2) is 0 Å². The number of benzene rings is 1. The van der Waals surface area contributed by atoms with Gasteiger partial charge in [-0.05, 0) is 37.0 Å². The number of amides is 1. The molecule has 0 saturated heterocycles. The molecule has 0 heterocycles. The first-order valence-electron chi connectivity index (χ1n) is 7.64. The molecule has 0 spiro atoms. The van der Waals surface area contributed by atoms with Crippen molar-refractivity contribution in [3.63, 3.8) is 0 Å². The van der Waals surface area contributed by atoms with E-state index in [1.54, 1.807) is 24.3 Å². The number of hydrogen-bond donors (Lipinski definition) is 2. The Kier molecular flexibility index (Phi) is 6.73. The Morgan fingerprint density at radius 2 is 1.70 bits per heavy atom. The number of carbonyl (C=O) groups excluding carboxylic acids is 1. The van der Waals surface area contributed by atoms with E-state index in [0.29, 0.717) is 12.3 Å². The summed E-state index contributed by atoms with van der Waals surface area (Å²) >= 11 is 0. The van der Waals surface area contributed by atoms with E-state index >= 15 is 0 Å². The van der Waals surface area contributed by atoms with Gasteiger partial charge < -0.3 is 11.1 Å². The van der Waals surface area contributed by atoms with Crippen LogP contribution in [0.3, 0.4) is 0 Å². The van der Waals surface area contributed by atoms with Crippen molar-refractivity contribution >= 4 is 15.9 Å². The third-order valence-electron chi connectivity index (χ3n) is 3.58. The average Bonchev–Trinajstić information content (AvgIpc) is 2.46. The molecule has 1 aromatic rings. The summed E-state index contributed by atoms with van der Waals surface area (Å²) in [5, 5.41) is 2.86. The van der Waals surface area contributed by atoms with Crippen molar-refractivity contribution in [1.82, 2.24) is 9.62 Å². The van der Waals surface area contributed by atoms with Gasteiger partial charge in [0.05, 0.1) is 17.0 Å². The molecule has 7 heteroatoms. The zero-order valence-corrected chi connectivity index (χ0v) is 15.2. The molecule has 1 unspecified atom stereocenters. The minimum absolute atomic E-state index is 0.198. The molecular formula is C16H27N3O3S. The van der Waals surface area contributed by atoms with E-state index < -0.39 is 16.1 Å². The summed E-state index contributed by atoms with van der Waals surface area (Å²) in [6, 6.07) is 5.72. The molecule has 6 nitrogen and oxygen atoms in total. The Labute approximate surface area is 139 Å². The Bertz CT molecular complexity index is 624. The van der Waals surface area contributed by atoms with Crippen LogP contribution in [0.4, 0.5) is 0 Å². The van der Waals surface area contributed by atoms with Crippen molar-refractivity contribution in [3.05, 3.63) is 29.8 Å². The van der Waals surface area contributed by atoms with Crippen LogP contribution in [0, 0.1) is 5.92 Å². The summed E-state index contributed by atoms with van der Waals surface area (Å²) < 4.78 is 25.2. The highest BCUT2D eigenvalue weighted by atomic mass is 32.2. The molecular weight excluding hydrogens is 314 g/mol. The van der Waals surface area contributed by atoms with Gasteiger partial charge in [0.25, 0.3) is 0 Å². The monoisotopic (exact) mass is 341 g/mol. The number of hydrogen-bond acceptors (Lipinski definition) is 4. The van der Waals surface area contributed by atoms with Gasteiger partial charge in [-0.2, -0.15) is 0 Å². The van der Waals surface area contributed by atoms with E-state index in [0.717, 1.165) is 9.87 Å². The van der Waals surface area contributed by atoms with Crippen molar-refractivity contribution in [1.29, 1.82) is 0 Å². The van der Waals surface area contributed by atoms with Crippen molar-refractivity contribution in [2.45, 2.75) is 44.2 Å². The molecule has 2 atom stereocenters. The van der Waals surface area contributed by atoms with Crippen LogP contribution in [0.1, 0.15) is 38.8 Å². The van der Waals surface area contributed by atoms with Gasteiger partial charge in [-0.15, -0.1) is 0 Å². The molecule has 0 saturated carbocycles. The lowest BCUT2D eigenvalue weighted by Gasteiger charge is -2.19. The molecule has 0 bridgehead atoms. The molecule has 0 radical (unpaired) electrons. The topological polar surface area (TPSA) is 92.5 Å². The lowest BCUT2D eigenvalue weighted by atomic mass is 10.0. The lowest BCUT2D eigenvalue weighted by Crippen LogP contribution is -2.42. The molecule has 0 aliphatic carbocycles. The van der Waals surface area contributed by atoms with Gasteiger partial charge in [-0.3, -0.25) is 4.79 Å². The van der Waals surface area contributed by atoms with Gasteiger partial charge in [0, 0.05) is 14.1 Å². The fraction of sp³-hybridized carbons (Fsp3) is 0.562. The fourth-order valence-corrected chi connectivity index (χ4v) is 3.06. The smallest absolute Gasteiger partial charge is 0.242 e. The Morgan fingerprint density at radius 1 is 1.17 bits per heavy atom. The normalized spacial score (nSPS) is 14.8. The first kappa shape index (κ1) is 19.6. The standard InChI is InChI=1S/C16H27N3O3S/c1-11(2)10-15(17)16(20)18-12(3)13-6-8-14(9-7-13)23(21,22)19(4)5/h6-9,11-12,15H,10,17H2,1-5H3,(H,18,20)/t12?,15-/m0/s1. The molecule has 1 rings (SSSR count). The Balaban J connectivity index is 2.79. The summed E-state index contributed by atoms with van der Waals surface area (Å²) in [5.74, 6) is 0.151. The first-order valence-corrected chi connectivity index (χ1v) is 9.08. The van der Waals surface area contributed by atoms with Gasteiger partial charge in [-0.25, -0.2) is 12.7 Å². The predicted octanol–water partition coefficient (Wildman–Crippen LogP) is 1.49. The number of sulfonamides is 1. The molecule has 1 amide bonds. The van der Waals surface area contributed by atoms with Crippen LogP contribution < -0.4 is 11.1 Å². The van der Waals surface area contributed by atoms with E-state index in [-0.39, 0.29) is 16.8 Å². The van der Waals surface area contributed by atoms with Gasteiger partial charge in [0.2, 0.25) is 15.9 Å². The highest BCUT2D eigenvalue weighted by molar-refractivity contribution is 7.89. The van der Waals surface area contributed by atoms with E-state index in [2.05, 4.69) is 5.32 Å². The maximum atomic E-state index is 12.0. The fourth-order valence-electron chi connectivity index (χ4n) is 2.16. The van der Waals surface area contributed by atoms with Crippen LogP contribution in [-0.4, -0.2) is 38.8 Å². The van der Waals surface area contributed by atoms with Crippen LogP contribution in [0.2, 0.25) is 0 Å². The summed E-state index contributed by atoms with van der Waals surface area (Å²) in [5.41, 5.74) is 6.69. The number of nitrogens with two attached hydrogens (primary N) is 1. The Hall–Kier alpha value is -1.44. The molecule has 0 aromatic heterocycles. The van der Waals surface area contributed by atoms with Crippen LogP contribution in [-0.2, 0) is 14.8 Å². The summed E-state index contributed by atoms with van der Waals surface area (Å²) in [6.07, 6.45) is 0.624. The van der Waals surface area contributed by atoms with E-state index in [1.165, 1.54) is 14.1 Å². The second-order valence-corrected chi connectivity index (χ2v) is 8.47. The maximum Gasteiger partial charge on any atom is 0.242 e. The number of rotatable bonds is 7. The quantitative estimate of drug-likeness (QED) is 0.786. The van der Waals surface area contributed by atoms with Crippen molar-refractivity contribution in [2.75, 3.05) is 14.1 Å². The molecule has 0 aliphatic rings. The van der Waals surface area contributed by atoms with Gasteiger partial charge in [-0.1, -0.05) is 26.0 Å². The van der Waals surface area contributed by atoms with Crippen LogP contribution in [0.5, 0.6) is 0 Å². The van der Waals surface area contributed by atoms with E-state index in [1.807, 2.05) is 20.8 Å². The summed E-state index contributed by atoms with van der Waals surface area (Å²) in [4.78, 5) is 12.3. The number of carbonyl (C=O) groups is 1. The number of nitrogens with one attached hydrogen (secondary N) is 1. The molecule has 0 fully saturated rings. The average molecular weight is 341 g/mol. The lowest BCUT2D eigenvalue weighted by molar-refractivity contribution is -0.123. The first-order chi connectivity index (χ1) is 10.6. The van der Waals surface area contributed by atoms with Gasteiger partial charge >= 0.3 is 0 Å². The zero-order chi connectivity index (χ0) is 17.8. The molecule has 1 aromatic carbocycles. The van der Waals surface area contributed by atoms with Crippen molar-refractivity contribution in [2.24, 2.45) is 11.7 Å². The zero-order valence-electron chi connectivity index (χ0n) is 14.4. The molecule has 23 heavy (non-hydrogen) atoms. The minimum Gasteiger partial charge on any atom is -0.348 e. The Morgan fingerprint density at radius 3 is 2.13 bits per heavy atom. The highest BCUT2D eigenvalue weighted by Crippen LogP contribution is 2.18. The van der Waals surface area contributed by atoms with E-state index in [4.69, 9.17) is 5.73 Å². The SMILES string of the molecule is CC(C)C[C@H](N)C(=O)NC(C)c1ccc(S(=O)(=O)N(C)C)cc1. The third-order valence-corrected chi connectivity index (χ3v) is 5.41. The maximum absolute atomic E-state index is 12.0. The number of nitrogens with zero attached hydrogens (tertiary/aromatic N) is 1. The second kappa shape index (κ2) is 7.90. The molecule has 0 aliphatic heterocycles. The van der Waals surface area contributed by atoms with Crippen LogP contribution >= 0.6 is 0 Å². The third kappa shape index (κ3) is 5.30.